The van der Waals surface area contributed by atoms with Crippen LogP contribution in [-0.4, -0.2) is 33.6 Å². The van der Waals surface area contributed by atoms with E-state index in [2.05, 4.69) is 32.7 Å². The van der Waals surface area contributed by atoms with Gasteiger partial charge < -0.3 is 15.7 Å². The van der Waals surface area contributed by atoms with Crippen molar-refractivity contribution in [2.45, 2.75) is 24.9 Å². The number of fused-ring (bicyclic) bond motifs is 1. The number of aromatic carboxylic acids is 1. The lowest BCUT2D eigenvalue weighted by atomic mass is 10.1. The summed E-state index contributed by atoms with van der Waals surface area (Å²) in [6.45, 7) is 0.777. The van der Waals surface area contributed by atoms with Crippen LogP contribution in [0.15, 0.2) is 54.9 Å². The fourth-order valence-corrected chi connectivity index (χ4v) is 3.05. The molecule has 1 fully saturated rings. The molecule has 132 valence electrons. The molecule has 0 bridgehead atoms. The molecule has 26 heavy (non-hydrogen) atoms. The van der Waals surface area contributed by atoms with Gasteiger partial charge in [0.25, 0.3) is 0 Å². The maximum Gasteiger partial charge on any atom is 0.337 e. The molecule has 3 aromatic rings. The van der Waals surface area contributed by atoms with Gasteiger partial charge >= 0.3 is 5.97 Å². The zero-order valence-corrected chi connectivity index (χ0v) is 14.2. The van der Waals surface area contributed by atoms with Crippen molar-refractivity contribution in [3.05, 3.63) is 66.0 Å². The van der Waals surface area contributed by atoms with E-state index in [9.17, 15) is 9.90 Å². The number of aromatic nitrogens is 2. The average molecular weight is 348 g/mol. The Labute approximate surface area is 151 Å². The molecule has 1 atom stereocenters. The van der Waals surface area contributed by atoms with Crippen LogP contribution in [0.4, 0.5) is 5.82 Å². The van der Waals surface area contributed by atoms with E-state index in [0.29, 0.717) is 22.8 Å². The van der Waals surface area contributed by atoms with E-state index in [4.69, 9.17) is 0 Å². The van der Waals surface area contributed by atoms with E-state index >= 15 is 0 Å². The lowest BCUT2D eigenvalue weighted by molar-refractivity contribution is 0.0699. The molecule has 0 radical (unpaired) electrons. The maximum absolute atomic E-state index is 11.5. The molecule has 0 unspecified atom stereocenters. The van der Waals surface area contributed by atoms with E-state index in [1.54, 1.807) is 12.1 Å². The number of hydrogen-bond donors (Lipinski definition) is 3. The Morgan fingerprint density at radius 3 is 2.65 bits per heavy atom. The third-order valence-corrected chi connectivity index (χ3v) is 4.60. The second-order valence-electron chi connectivity index (χ2n) is 6.52. The normalized spacial score (nSPS) is 14.9. The summed E-state index contributed by atoms with van der Waals surface area (Å²) in [6, 6.07) is 16.0. The van der Waals surface area contributed by atoms with Crippen LogP contribution in [0.1, 0.15) is 34.8 Å². The lowest BCUT2D eigenvalue weighted by Gasteiger charge is -2.21. The van der Waals surface area contributed by atoms with Crippen LogP contribution in [0.5, 0.6) is 0 Å². The second kappa shape index (κ2) is 7.09. The monoisotopic (exact) mass is 348 g/mol. The molecule has 6 heteroatoms. The van der Waals surface area contributed by atoms with Crippen LogP contribution in [0.25, 0.3) is 10.9 Å². The van der Waals surface area contributed by atoms with Gasteiger partial charge in [-0.05, 0) is 30.5 Å². The molecular formula is C20H20N4O2. The van der Waals surface area contributed by atoms with Crippen LogP contribution in [-0.2, 0) is 0 Å². The molecule has 2 aromatic carbocycles. The first-order valence-corrected chi connectivity index (χ1v) is 8.74. The Hall–Kier alpha value is -2.99. The first-order chi connectivity index (χ1) is 12.7. The minimum Gasteiger partial charge on any atom is -0.478 e. The molecule has 0 aliphatic heterocycles. The number of carboxylic acid groups (broad SMARTS) is 1. The Balaban J connectivity index is 1.68. The smallest absolute Gasteiger partial charge is 0.337 e. The van der Waals surface area contributed by atoms with Gasteiger partial charge in [0, 0.05) is 18.0 Å². The third kappa shape index (κ3) is 3.50. The summed E-state index contributed by atoms with van der Waals surface area (Å²) in [5.41, 5.74) is 1.78. The van der Waals surface area contributed by atoms with Gasteiger partial charge in [-0.25, -0.2) is 14.8 Å². The highest BCUT2D eigenvalue weighted by Gasteiger charge is 2.23. The van der Waals surface area contributed by atoms with Crippen molar-refractivity contribution in [2.24, 2.45) is 0 Å². The summed E-state index contributed by atoms with van der Waals surface area (Å²) >= 11 is 0. The van der Waals surface area contributed by atoms with Crippen molar-refractivity contribution in [3.8, 4) is 0 Å². The number of hydrogen-bond acceptors (Lipinski definition) is 5. The van der Waals surface area contributed by atoms with Gasteiger partial charge in [-0.3, -0.25) is 0 Å². The number of benzene rings is 2. The molecule has 1 aliphatic rings. The van der Waals surface area contributed by atoms with Crippen molar-refractivity contribution in [3.63, 3.8) is 0 Å². The van der Waals surface area contributed by atoms with Crippen molar-refractivity contribution in [2.75, 3.05) is 11.9 Å². The van der Waals surface area contributed by atoms with E-state index in [0.717, 1.165) is 12.1 Å². The van der Waals surface area contributed by atoms with Gasteiger partial charge in [0.1, 0.15) is 12.1 Å². The summed E-state index contributed by atoms with van der Waals surface area (Å²) < 4.78 is 0. The molecule has 1 saturated carbocycles. The van der Waals surface area contributed by atoms with Gasteiger partial charge in [-0.15, -0.1) is 0 Å². The number of rotatable bonds is 7. The SMILES string of the molecule is O=C(O)c1cccc2c(N[C@H](CNC3CC3)c3ccccc3)ncnc12. The first-order valence-electron chi connectivity index (χ1n) is 8.74. The molecule has 6 nitrogen and oxygen atoms in total. The third-order valence-electron chi connectivity index (χ3n) is 4.60. The largest absolute Gasteiger partial charge is 0.478 e. The second-order valence-corrected chi connectivity index (χ2v) is 6.52. The number of anilines is 1. The van der Waals surface area contributed by atoms with E-state index < -0.39 is 5.97 Å². The van der Waals surface area contributed by atoms with Gasteiger partial charge in [0.05, 0.1) is 17.1 Å². The predicted octanol–water partition coefficient (Wildman–Crippen LogP) is 3.23. The van der Waals surface area contributed by atoms with Crippen molar-refractivity contribution in [1.29, 1.82) is 0 Å². The van der Waals surface area contributed by atoms with Crippen molar-refractivity contribution in [1.82, 2.24) is 15.3 Å². The van der Waals surface area contributed by atoms with E-state index in [1.807, 2.05) is 24.3 Å². The quantitative estimate of drug-likeness (QED) is 0.608. The molecule has 1 aromatic heterocycles. The first kappa shape index (κ1) is 16.5. The molecule has 1 aliphatic carbocycles. The fraction of sp³-hybridized carbons (Fsp3) is 0.250. The number of carbonyl (C=O) groups is 1. The Morgan fingerprint density at radius 1 is 1.12 bits per heavy atom. The predicted molar refractivity (Wildman–Crippen MR) is 100 cm³/mol. The minimum absolute atomic E-state index is 0.0309. The molecule has 1 heterocycles. The standard InChI is InChI=1S/C20H20N4O2/c25-20(26)16-8-4-7-15-18(16)22-12-23-19(15)24-17(11-21-14-9-10-14)13-5-2-1-3-6-13/h1-8,12,14,17,21H,9-11H2,(H,25,26)(H,22,23,24)/t17-/m1/s1. The molecule has 0 spiro atoms. The number of carboxylic acids is 1. The maximum atomic E-state index is 11.5. The Kier molecular flexibility index (Phi) is 4.50. The molecule has 0 amide bonds. The van der Waals surface area contributed by atoms with E-state index in [1.165, 1.54) is 19.2 Å². The van der Waals surface area contributed by atoms with Crippen molar-refractivity contribution < 1.29 is 9.90 Å². The fourth-order valence-electron chi connectivity index (χ4n) is 3.05. The summed E-state index contributed by atoms with van der Waals surface area (Å²) in [6.07, 6.45) is 3.85. The van der Waals surface area contributed by atoms with Gasteiger partial charge in [-0.2, -0.15) is 0 Å². The highest BCUT2D eigenvalue weighted by atomic mass is 16.4. The summed E-state index contributed by atoms with van der Waals surface area (Å²) in [7, 11) is 0. The van der Waals surface area contributed by atoms with Gasteiger partial charge in [-0.1, -0.05) is 36.4 Å². The lowest BCUT2D eigenvalue weighted by Crippen LogP contribution is -2.28. The molecular weight excluding hydrogens is 328 g/mol. The number of nitrogens with one attached hydrogen (secondary N) is 2. The Bertz CT molecular complexity index is 926. The van der Waals surface area contributed by atoms with Crippen LogP contribution in [0, 0.1) is 0 Å². The molecule has 4 rings (SSSR count). The highest BCUT2D eigenvalue weighted by molar-refractivity contribution is 6.04. The van der Waals surface area contributed by atoms with Crippen molar-refractivity contribution >= 4 is 22.7 Å². The summed E-state index contributed by atoms with van der Waals surface area (Å²) in [5.74, 6) is -0.347. The van der Waals surface area contributed by atoms with E-state index in [-0.39, 0.29) is 11.6 Å². The van der Waals surface area contributed by atoms with Gasteiger partial charge in [0.15, 0.2) is 0 Å². The van der Waals surface area contributed by atoms with Gasteiger partial charge in [0.2, 0.25) is 0 Å². The topological polar surface area (TPSA) is 87.1 Å². The summed E-state index contributed by atoms with van der Waals surface area (Å²) in [4.78, 5) is 20.0. The number of para-hydroxylation sites is 1. The van der Waals surface area contributed by atoms with Crippen LogP contribution < -0.4 is 10.6 Å². The average Bonchev–Trinajstić information content (AvgIpc) is 3.49. The zero-order valence-electron chi connectivity index (χ0n) is 14.2. The minimum atomic E-state index is -0.991. The highest BCUT2D eigenvalue weighted by Crippen LogP contribution is 2.27. The Morgan fingerprint density at radius 2 is 1.92 bits per heavy atom. The van der Waals surface area contributed by atoms with Crippen LogP contribution in [0.3, 0.4) is 0 Å². The zero-order chi connectivity index (χ0) is 17.9. The van der Waals surface area contributed by atoms with Crippen LogP contribution >= 0.6 is 0 Å². The van der Waals surface area contributed by atoms with Crippen LogP contribution in [0.2, 0.25) is 0 Å². The molecule has 3 N–H and O–H groups in total. The summed E-state index contributed by atoms with van der Waals surface area (Å²) in [5, 5.41) is 17.1. The number of nitrogens with zero attached hydrogens (tertiary/aromatic N) is 2. The molecule has 0 saturated heterocycles.